The number of carbonyl (C=O) groups is 1. The van der Waals surface area contributed by atoms with E-state index in [0.29, 0.717) is 35.5 Å². The second kappa shape index (κ2) is 8.86. The molecule has 1 amide bonds. The minimum atomic E-state index is -0.268. The van der Waals surface area contributed by atoms with E-state index in [1.807, 2.05) is 25.1 Å². The average molecular weight is 328 g/mol. The third kappa shape index (κ3) is 5.22. The summed E-state index contributed by atoms with van der Waals surface area (Å²) in [6.45, 7) is 7.57. The lowest BCUT2D eigenvalue weighted by Gasteiger charge is -2.11. The van der Waals surface area contributed by atoms with E-state index in [2.05, 4.69) is 34.4 Å². The number of aromatic nitrogens is 2. The first-order valence-corrected chi connectivity index (χ1v) is 8.19. The van der Waals surface area contributed by atoms with E-state index >= 15 is 0 Å². The Morgan fingerprint density at radius 3 is 2.58 bits per heavy atom. The van der Waals surface area contributed by atoms with Crippen molar-refractivity contribution in [2.24, 2.45) is 5.92 Å². The quantitative estimate of drug-likeness (QED) is 0.774. The summed E-state index contributed by atoms with van der Waals surface area (Å²) in [5.41, 5.74) is 1.03. The van der Waals surface area contributed by atoms with Crippen LogP contribution in [0.15, 0.2) is 36.7 Å². The Balaban J connectivity index is 1.98. The van der Waals surface area contributed by atoms with Crippen LogP contribution >= 0.6 is 0 Å². The van der Waals surface area contributed by atoms with Gasteiger partial charge in [0.2, 0.25) is 5.95 Å². The van der Waals surface area contributed by atoms with Gasteiger partial charge in [-0.3, -0.25) is 4.79 Å². The highest BCUT2D eigenvalue weighted by atomic mass is 16.5. The highest BCUT2D eigenvalue weighted by molar-refractivity contribution is 6.04. The van der Waals surface area contributed by atoms with Gasteiger partial charge < -0.3 is 15.4 Å². The van der Waals surface area contributed by atoms with Crippen molar-refractivity contribution in [3.8, 4) is 5.75 Å². The number of hydrogen-bond acceptors (Lipinski definition) is 5. The number of ether oxygens (including phenoxy) is 1. The van der Waals surface area contributed by atoms with Gasteiger partial charge in [0.05, 0.1) is 17.9 Å². The first-order valence-electron chi connectivity index (χ1n) is 8.19. The normalized spacial score (nSPS) is 10.5. The fourth-order valence-corrected chi connectivity index (χ4v) is 2.05. The second-order valence-corrected chi connectivity index (χ2v) is 5.79. The van der Waals surface area contributed by atoms with Crippen LogP contribution in [0.2, 0.25) is 0 Å². The number of nitrogens with zero attached hydrogens (tertiary/aromatic N) is 2. The van der Waals surface area contributed by atoms with Crippen molar-refractivity contribution in [2.45, 2.75) is 27.2 Å². The maximum atomic E-state index is 12.3. The van der Waals surface area contributed by atoms with Crippen molar-refractivity contribution in [3.05, 3.63) is 42.2 Å². The predicted octanol–water partition coefficient (Wildman–Crippen LogP) is 3.59. The summed E-state index contributed by atoms with van der Waals surface area (Å²) in [7, 11) is 0. The Bertz CT molecular complexity index is 656. The number of benzene rings is 1. The molecule has 6 heteroatoms. The molecule has 0 atom stereocenters. The summed E-state index contributed by atoms with van der Waals surface area (Å²) >= 11 is 0. The molecule has 0 fully saturated rings. The summed E-state index contributed by atoms with van der Waals surface area (Å²) in [6.07, 6.45) is 4.08. The van der Waals surface area contributed by atoms with Gasteiger partial charge in [0.15, 0.2) is 0 Å². The summed E-state index contributed by atoms with van der Waals surface area (Å²) in [5.74, 6) is 1.52. The smallest absolute Gasteiger partial charge is 0.258 e. The molecule has 24 heavy (non-hydrogen) atoms. The van der Waals surface area contributed by atoms with Crippen LogP contribution in [-0.4, -0.2) is 29.0 Å². The number of hydrogen-bond donors (Lipinski definition) is 2. The maximum absolute atomic E-state index is 12.3. The van der Waals surface area contributed by atoms with E-state index in [-0.39, 0.29) is 5.91 Å². The van der Waals surface area contributed by atoms with E-state index in [1.165, 1.54) is 12.4 Å². The standard InChI is InChI=1S/C18H24N4O2/c1-4-24-16-8-6-5-7-15(16)22-17(23)14-11-20-18(21-12-14)19-10-9-13(2)3/h5-8,11-13H,4,9-10H2,1-3H3,(H,22,23)(H,19,20,21). The molecule has 1 aromatic carbocycles. The fourth-order valence-electron chi connectivity index (χ4n) is 2.05. The Hall–Kier alpha value is -2.63. The van der Waals surface area contributed by atoms with Crippen LogP contribution in [0.4, 0.5) is 11.6 Å². The molecule has 1 aromatic heterocycles. The SMILES string of the molecule is CCOc1ccccc1NC(=O)c1cnc(NCCC(C)C)nc1. The zero-order valence-electron chi connectivity index (χ0n) is 14.4. The molecular weight excluding hydrogens is 304 g/mol. The first-order chi connectivity index (χ1) is 11.6. The molecule has 6 nitrogen and oxygen atoms in total. The van der Waals surface area contributed by atoms with E-state index in [1.54, 1.807) is 6.07 Å². The molecule has 0 aliphatic heterocycles. The molecule has 2 rings (SSSR count). The molecule has 2 N–H and O–H groups in total. The molecule has 0 spiro atoms. The minimum Gasteiger partial charge on any atom is -0.492 e. The van der Waals surface area contributed by atoms with E-state index < -0.39 is 0 Å². The predicted molar refractivity (Wildman–Crippen MR) is 95.5 cm³/mol. The fraction of sp³-hybridized carbons (Fsp3) is 0.389. The molecule has 0 saturated carbocycles. The van der Waals surface area contributed by atoms with Gasteiger partial charge in [-0.2, -0.15) is 0 Å². The van der Waals surface area contributed by atoms with Crippen LogP contribution in [0.3, 0.4) is 0 Å². The number of rotatable bonds is 8. The van der Waals surface area contributed by atoms with Gasteiger partial charge in [-0.05, 0) is 31.4 Å². The Kier molecular flexibility index (Phi) is 6.54. The highest BCUT2D eigenvalue weighted by Crippen LogP contribution is 2.24. The Morgan fingerprint density at radius 2 is 1.92 bits per heavy atom. The van der Waals surface area contributed by atoms with Gasteiger partial charge in [0.25, 0.3) is 5.91 Å². The molecule has 0 aliphatic carbocycles. The van der Waals surface area contributed by atoms with Crippen LogP contribution in [0.25, 0.3) is 0 Å². The van der Waals surface area contributed by atoms with Crippen molar-refractivity contribution < 1.29 is 9.53 Å². The number of para-hydroxylation sites is 2. The molecule has 1 heterocycles. The number of amides is 1. The lowest BCUT2D eigenvalue weighted by atomic mass is 10.1. The van der Waals surface area contributed by atoms with Crippen molar-refractivity contribution in [3.63, 3.8) is 0 Å². The monoisotopic (exact) mass is 328 g/mol. The maximum Gasteiger partial charge on any atom is 0.258 e. The summed E-state index contributed by atoms with van der Waals surface area (Å²) < 4.78 is 5.50. The largest absolute Gasteiger partial charge is 0.492 e. The van der Waals surface area contributed by atoms with E-state index in [0.717, 1.165) is 13.0 Å². The van der Waals surface area contributed by atoms with Crippen LogP contribution < -0.4 is 15.4 Å². The van der Waals surface area contributed by atoms with Gasteiger partial charge in [0.1, 0.15) is 5.75 Å². The van der Waals surface area contributed by atoms with E-state index in [4.69, 9.17) is 4.74 Å². The molecule has 0 bridgehead atoms. The number of nitrogens with one attached hydrogen (secondary N) is 2. The van der Waals surface area contributed by atoms with Gasteiger partial charge in [-0.25, -0.2) is 9.97 Å². The molecule has 128 valence electrons. The summed E-state index contributed by atoms with van der Waals surface area (Å²) in [6, 6.07) is 7.32. The van der Waals surface area contributed by atoms with Crippen LogP contribution in [0.5, 0.6) is 5.75 Å². The topological polar surface area (TPSA) is 76.1 Å². The zero-order chi connectivity index (χ0) is 17.4. The second-order valence-electron chi connectivity index (χ2n) is 5.79. The highest BCUT2D eigenvalue weighted by Gasteiger charge is 2.10. The van der Waals surface area contributed by atoms with Gasteiger partial charge >= 0.3 is 0 Å². The van der Waals surface area contributed by atoms with Gasteiger partial charge in [-0.1, -0.05) is 26.0 Å². The van der Waals surface area contributed by atoms with Crippen molar-refractivity contribution in [1.29, 1.82) is 0 Å². The number of carbonyl (C=O) groups excluding carboxylic acids is 1. The summed E-state index contributed by atoms with van der Waals surface area (Å²) in [5, 5.41) is 5.97. The zero-order valence-corrected chi connectivity index (χ0v) is 14.4. The van der Waals surface area contributed by atoms with Crippen LogP contribution in [0, 0.1) is 5.92 Å². The molecule has 0 radical (unpaired) electrons. The third-order valence-electron chi connectivity index (χ3n) is 3.35. The average Bonchev–Trinajstić information content (AvgIpc) is 2.57. The molecular formula is C18H24N4O2. The van der Waals surface area contributed by atoms with Gasteiger partial charge in [-0.15, -0.1) is 0 Å². The van der Waals surface area contributed by atoms with Crippen molar-refractivity contribution >= 4 is 17.5 Å². The molecule has 0 saturated heterocycles. The lowest BCUT2D eigenvalue weighted by Crippen LogP contribution is -2.14. The molecule has 2 aromatic rings. The number of anilines is 2. The lowest BCUT2D eigenvalue weighted by molar-refractivity contribution is 0.102. The first kappa shape index (κ1) is 17.7. The van der Waals surface area contributed by atoms with Crippen molar-refractivity contribution in [2.75, 3.05) is 23.8 Å². The van der Waals surface area contributed by atoms with Crippen LogP contribution in [-0.2, 0) is 0 Å². The van der Waals surface area contributed by atoms with Crippen molar-refractivity contribution in [1.82, 2.24) is 9.97 Å². The molecule has 0 unspecified atom stereocenters. The summed E-state index contributed by atoms with van der Waals surface area (Å²) in [4.78, 5) is 20.7. The van der Waals surface area contributed by atoms with E-state index in [9.17, 15) is 4.79 Å². The molecule has 0 aliphatic rings. The van der Waals surface area contributed by atoms with Crippen LogP contribution in [0.1, 0.15) is 37.6 Å². The minimum absolute atomic E-state index is 0.268. The Labute approximate surface area is 142 Å². The van der Waals surface area contributed by atoms with Gasteiger partial charge in [0, 0.05) is 18.9 Å². The third-order valence-corrected chi connectivity index (χ3v) is 3.35. The Morgan fingerprint density at radius 1 is 1.21 bits per heavy atom.